The fourth-order valence-corrected chi connectivity index (χ4v) is 3.33. The van der Waals surface area contributed by atoms with Gasteiger partial charge in [-0.05, 0) is 28.8 Å². The quantitative estimate of drug-likeness (QED) is 0.566. The summed E-state index contributed by atoms with van der Waals surface area (Å²) >= 11 is 0. The molecule has 3 aromatic rings. The summed E-state index contributed by atoms with van der Waals surface area (Å²) in [6, 6.07) is 14.9. The van der Waals surface area contributed by atoms with Gasteiger partial charge in [0.15, 0.2) is 0 Å². The van der Waals surface area contributed by atoms with Crippen LogP contribution >= 0.6 is 0 Å². The largest absolute Gasteiger partial charge is 0.469 e. The van der Waals surface area contributed by atoms with Crippen LogP contribution in [0.3, 0.4) is 0 Å². The molecule has 0 saturated heterocycles. The minimum absolute atomic E-state index is 0.0912. The van der Waals surface area contributed by atoms with E-state index in [1.807, 2.05) is 42.5 Å². The summed E-state index contributed by atoms with van der Waals surface area (Å²) in [5.74, 6) is -1.93. The maximum atomic E-state index is 12.9. The number of hydrogen-bond donors (Lipinski definition) is 1. The van der Waals surface area contributed by atoms with Gasteiger partial charge in [-0.1, -0.05) is 42.5 Å². The standard InChI is InChI=1S/C23H21F3N2O4/c1-32-22(31)18(11-15-6-7-16-4-2-3-5-17(16)10-15)12-27-20(29)14-28-13-19(23(24,25)26)8-9-21(28)30/h2-10,13,18H,11-12,14H2,1H3,(H,27,29). The van der Waals surface area contributed by atoms with Crippen LogP contribution in [0.5, 0.6) is 0 Å². The molecule has 9 heteroatoms. The number of halogens is 3. The highest BCUT2D eigenvalue weighted by Crippen LogP contribution is 2.28. The SMILES string of the molecule is COC(=O)C(CNC(=O)Cn1cc(C(F)(F)F)ccc1=O)Cc1ccc2ccccc2c1. The van der Waals surface area contributed by atoms with Gasteiger partial charge in [-0.15, -0.1) is 0 Å². The van der Waals surface area contributed by atoms with Crippen molar-refractivity contribution in [2.75, 3.05) is 13.7 Å². The molecule has 168 valence electrons. The van der Waals surface area contributed by atoms with E-state index >= 15 is 0 Å². The van der Waals surface area contributed by atoms with E-state index in [-0.39, 0.29) is 6.54 Å². The van der Waals surface area contributed by atoms with Crippen molar-refractivity contribution in [3.8, 4) is 0 Å². The van der Waals surface area contributed by atoms with Crippen LogP contribution in [-0.4, -0.2) is 30.1 Å². The summed E-state index contributed by atoms with van der Waals surface area (Å²) < 4.78 is 44.1. The van der Waals surface area contributed by atoms with Crippen LogP contribution < -0.4 is 10.9 Å². The molecular formula is C23H21F3N2O4. The summed E-state index contributed by atoms with van der Waals surface area (Å²) in [6.45, 7) is -0.696. The minimum atomic E-state index is -4.64. The number of nitrogens with one attached hydrogen (secondary N) is 1. The van der Waals surface area contributed by atoms with Crippen molar-refractivity contribution in [3.05, 3.63) is 82.3 Å². The number of ether oxygens (including phenoxy) is 1. The van der Waals surface area contributed by atoms with E-state index in [1.165, 1.54) is 7.11 Å². The number of nitrogens with zero attached hydrogens (tertiary/aromatic N) is 1. The second-order valence-corrected chi connectivity index (χ2v) is 7.29. The first-order valence-electron chi connectivity index (χ1n) is 9.77. The van der Waals surface area contributed by atoms with E-state index in [4.69, 9.17) is 4.74 Å². The lowest BCUT2D eigenvalue weighted by Crippen LogP contribution is -2.38. The summed E-state index contributed by atoms with van der Waals surface area (Å²) in [7, 11) is 1.24. The van der Waals surface area contributed by atoms with Crippen molar-refractivity contribution < 1.29 is 27.5 Å². The first kappa shape index (κ1) is 23.1. The molecule has 0 saturated carbocycles. The topological polar surface area (TPSA) is 77.4 Å². The van der Waals surface area contributed by atoms with Gasteiger partial charge in [0.2, 0.25) is 5.91 Å². The number of methoxy groups -OCH3 is 1. The van der Waals surface area contributed by atoms with E-state index < -0.39 is 41.6 Å². The van der Waals surface area contributed by atoms with Gasteiger partial charge in [0.1, 0.15) is 6.54 Å². The van der Waals surface area contributed by atoms with Crippen LogP contribution in [0.4, 0.5) is 13.2 Å². The Morgan fingerprint density at radius 1 is 1.06 bits per heavy atom. The second kappa shape index (κ2) is 9.67. The maximum absolute atomic E-state index is 12.9. The molecule has 0 aliphatic heterocycles. The molecule has 0 spiro atoms. The lowest BCUT2D eigenvalue weighted by atomic mass is 9.97. The number of aromatic nitrogens is 1. The molecule has 0 aliphatic rings. The zero-order valence-corrected chi connectivity index (χ0v) is 17.2. The number of amides is 1. The molecule has 1 atom stereocenters. The zero-order valence-electron chi connectivity index (χ0n) is 17.2. The average molecular weight is 446 g/mol. The number of alkyl halides is 3. The molecule has 6 nitrogen and oxygen atoms in total. The molecule has 1 N–H and O–H groups in total. The number of esters is 1. The first-order valence-corrected chi connectivity index (χ1v) is 9.77. The molecule has 1 heterocycles. The first-order chi connectivity index (χ1) is 15.2. The predicted octanol–water partition coefficient (Wildman–Crippen LogP) is 3.17. The van der Waals surface area contributed by atoms with Gasteiger partial charge in [0, 0.05) is 18.8 Å². The highest BCUT2D eigenvalue weighted by atomic mass is 19.4. The Balaban J connectivity index is 1.68. The molecule has 0 bridgehead atoms. The fourth-order valence-electron chi connectivity index (χ4n) is 3.33. The number of rotatable bonds is 7. The molecule has 0 aliphatic carbocycles. The summed E-state index contributed by atoms with van der Waals surface area (Å²) in [4.78, 5) is 36.3. The maximum Gasteiger partial charge on any atom is 0.417 e. The van der Waals surface area contributed by atoms with Gasteiger partial charge in [-0.25, -0.2) is 0 Å². The van der Waals surface area contributed by atoms with Gasteiger partial charge < -0.3 is 14.6 Å². The van der Waals surface area contributed by atoms with Gasteiger partial charge in [-0.2, -0.15) is 13.2 Å². The van der Waals surface area contributed by atoms with E-state index in [0.29, 0.717) is 23.3 Å². The van der Waals surface area contributed by atoms with E-state index in [9.17, 15) is 27.6 Å². The van der Waals surface area contributed by atoms with Crippen molar-refractivity contribution in [1.29, 1.82) is 0 Å². The van der Waals surface area contributed by atoms with Gasteiger partial charge in [-0.3, -0.25) is 14.4 Å². The molecule has 1 amide bonds. The van der Waals surface area contributed by atoms with Crippen LogP contribution in [0.1, 0.15) is 11.1 Å². The van der Waals surface area contributed by atoms with Crippen LogP contribution in [0, 0.1) is 5.92 Å². The van der Waals surface area contributed by atoms with Gasteiger partial charge >= 0.3 is 12.1 Å². The van der Waals surface area contributed by atoms with E-state index in [2.05, 4.69) is 5.32 Å². The molecule has 1 aromatic heterocycles. The van der Waals surface area contributed by atoms with Gasteiger partial charge in [0.05, 0.1) is 18.6 Å². The third-order valence-electron chi connectivity index (χ3n) is 5.00. The number of fused-ring (bicyclic) bond motifs is 1. The molecular weight excluding hydrogens is 425 g/mol. The lowest BCUT2D eigenvalue weighted by molar-refractivity contribution is -0.145. The van der Waals surface area contributed by atoms with Crippen molar-refractivity contribution in [2.24, 2.45) is 5.92 Å². The van der Waals surface area contributed by atoms with Crippen LogP contribution in [0.2, 0.25) is 0 Å². The smallest absolute Gasteiger partial charge is 0.417 e. The van der Waals surface area contributed by atoms with E-state index in [1.54, 1.807) is 0 Å². The van der Waals surface area contributed by atoms with Crippen LogP contribution in [-0.2, 0) is 33.5 Å². The van der Waals surface area contributed by atoms with Crippen molar-refractivity contribution in [3.63, 3.8) is 0 Å². The molecule has 0 radical (unpaired) electrons. The Labute approximate surface area is 181 Å². The highest BCUT2D eigenvalue weighted by molar-refractivity contribution is 5.83. The van der Waals surface area contributed by atoms with Gasteiger partial charge in [0.25, 0.3) is 5.56 Å². The Bertz CT molecular complexity index is 1190. The van der Waals surface area contributed by atoms with Crippen molar-refractivity contribution in [1.82, 2.24) is 9.88 Å². The fraction of sp³-hybridized carbons (Fsp3) is 0.261. The molecule has 1 unspecified atom stereocenters. The summed E-state index contributed by atoms with van der Waals surface area (Å²) in [5.41, 5.74) is -0.912. The molecule has 2 aromatic carbocycles. The summed E-state index contributed by atoms with van der Waals surface area (Å²) in [5, 5.41) is 4.56. The second-order valence-electron chi connectivity index (χ2n) is 7.29. The zero-order chi connectivity index (χ0) is 23.3. The molecule has 0 fully saturated rings. The Morgan fingerprint density at radius 2 is 1.78 bits per heavy atom. The van der Waals surface area contributed by atoms with Crippen molar-refractivity contribution >= 4 is 22.6 Å². The third-order valence-corrected chi connectivity index (χ3v) is 5.00. The number of carbonyl (C=O) groups is 2. The predicted molar refractivity (Wildman–Crippen MR) is 112 cm³/mol. The number of hydrogen-bond acceptors (Lipinski definition) is 4. The average Bonchev–Trinajstić information content (AvgIpc) is 2.76. The summed E-state index contributed by atoms with van der Waals surface area (Å²) in [6.07, 6.45) is -3.75. The third kappa shape index (κ3) is 5.75. The van der Waals surface area contributed by atoms with Crippen LogP contribution in [0.15, 0.2) is 65.6 Å². The Hall–Kier alpha value is -3.62. The highest BCUT2D eigenvalue weighted by Gasteiger charge is 2.31. The van der Waals surface area contributed by atoms with E-state index in [0.717, 1.165) is 22.4 Å². The number of carbonyl (C=O) groups excluding carboxylic acids is 2. The minimum Gasteiger partial charge on any atom is -0.469 e. The van der Waals surface area contributed by atoms with Crippen LogP contribution in [0.25, 0.3) is 10.8 Å². The monoisotopic (exact) mass is 446 g/mol. The lowest BCUT2D eigenvalue weighted by Gasteiger charge is -2.16. The molecule has 3 rings (SSSR count). The number of pyridine rings is 1. The van der Waals surface area contributed by atoms with Crippen molar-refractivity contribution in [2.45, 2.75) is 19.1 Å². The Morgan fingerprint density at radius 3 is 2.47 bits per heavy atom. The molecule has 32 heavy (non-hydrogen) atoms. The normalized spacial score (nSPS) is 12.4. The Kier molecular flexibility index (Phi) is 6.97. The number of benzene rings is 2.